The summed E-state index contributed by atoms with van der Waals surface area (Å²) in [5.74, 6) is -0.0650. The average Bonchev–Trinajstić information content (AvgIpc) is 3.02. The molecule has 1 aliphatic rings. The summed E-state index contributed by atoms with van der Waals surface area (Å²) >= 11 is 0. The molecule has 0 aliphatic heterocycles. The Morgan fingerprint density at radius 1 is 1.65 bits per heavy atom. The van der Waals surface area contributed by atoms with E-state index in [0.717, 1.165) is 12.8 Å². The lowest BCUT2D eigenvalue weighted by molar-refractivity contribution is 0.0951. The fraction of sp³-hybridized carbons (Fsp3) is 0.417. The van der Waals surface area contributed by atoms with Gasteiger partial charge in [0.2, 0.25) is 0 Å². The van der Waals surface area contributed by atoms with Gasteiger partial charge >= 0.3 is 0 Å². The average molecular weight is 237 g/mol. The van der Waals surface area contributed by atoms with Gasteiger partial charge in [-0.1, -0.05) is 0 Å². The third kappa shape index (κ3) is 3.17. The van der Waals surface area contributed by atoms with Crippen LogP contribution in [0.25, 0.3) is 0 Å². The Balaban J connectivity index is 1.97. The fourth-order valence-corrected chi connectivity index (χ4v) is 1.55. The molecule has 3 N–H and O–H groups in total. The molecule has 1 amide bonds. The maximum Gasteiger partial charge on any atom is 0.253 e. The first-order chi connectivity index (χ1) is 8.22. The number of halogens is 1. The van der Waals surface area contributed by atoms with Gasteiger partial charge in [-0.05, 0) is 24.5 Å². The van der Waals surface area contributed by atoms with E-state index >= 15 is 0 Å². The second-order valence-electron chi connectivity index (χ2n) is 4.29. The summed E-state index contributed by atoms with van der Waals surface area (Å²) in [4.78, 5) is 11.7. The molecule has 5 heteroatoms. The summed E-state index contributed by atoms with van der Waals surface area (Å²) in [5.41, 5.74) is 6.47. The van der Waals surface area contributed by atoms with Crippen LogP contribution in [0.4, 0.5) is 4.39 Å². The van der Waals surface area contributed by atoms with E-state index in [4.69, 9.17) is 5.73 Å². The Hall–Kier alpha value is -1.62. The number of nitrogens with zero attached hydrogens (tertiary/aromatic N) is 1. The largest absolute Gasteiger partial charge is 0.349 e. The zero-order valence-electron chi connectivity index (χ0n) is 9.53. The van der Waals surface area contributed by atoms with Crippen LogP contribution in [0, 0.1) is 0 Å². The number of nitrogens with two attached hydrogens (primary N) is 1. The Morgan fingerprint density at radius 3 is 3.00 bits per heavy atom. The molecule has 0 atom stereocenters. The monoisotopic (exact) mass is 237 g/mol. The van der Waals surface area contributed by atoms with E-state index in [9.17, 15) is 9.18 Å². The van der Waals surface area contributed by atoms with Crippen molar-refractivity contribution in [1.82, 2.24) is 9.88 Å². The van der Waals surface area contributed by atoms with Crippen molar-refractivity contribution in [3.63, 3.8) is 0 Å². The number of hydrogen-bond donors (Lipinski definition) is 2. The normalized spacial score (nSPS) is 16.0. The number of amides is 1. The number of hydrogen-bond acceptors (Lipinski definition) is 2. The fourth-order valence-electron chi connectivity index (χ4n) is 1.55. The van der Waals surface area contributed by atoms with E-state index in [1.807, 2.05) is 0 Å². The number of aromatic nitrogens is 1. The molecule has 2 rings (SSSR count). The van der Waals surface area contributed by atoms with Crippen LogP contribution in [-0.4, -0.2) is 23.1 Å². The molecule has 17 heavy (non-hydrogen) atoms. The molecule has 0 aromatic carbocycles. The van der Waals surface area contributed by atoms with Gasteiger partial charge in [-0.15, -0.1) is 0 Å². The van der Waals surface area contributed by atoms with Gasteiger partial charge < -0.3 is 15.6 Å². The molecule has 1 aliphatic carbocycles. The SMILES string of the molecule is NC/C(=C\F)Cn1ccc(C(=O)NC2CC2)c1. The molecule has 1 heterocycles. The lowest BCUT2D eigenvalue weighted by Crippen LogP contribution is -2.24. The lowest BCUT2D eigenvalue weighted by atomic mass is 10.3. The summed E-state index contributed by atoms with van der Waals surface area (Å²) in [5, 5.41) is 2.90. The summed E-state index contributed by atoms with van der Waals surface area (Å²) in [7, 11) is 0. The first-order valence-corrected chi connectivity index (χ1v) is 5.67. The van der Waals surface area contributed by atoms with Crippen molar-refractivity contribution >= 4 is 5.91 Å². The molecule has 0 spiro atoms. The van der Waals surface area contributed by atoms with Crippen LogP contribution in [-0.2, 0) is 6.54 Å². The van der Waals surface area contributed by atoms with E-state index in [1.54, 1.807) is 23.0 Å². The van der Waals surface area contributed by atoms with Crippen molar-refractivity contribution in [3.05, 3.63) is 35.9 Å². The van der Waals surface area contributed by atoms with Crippen molar-refractivity contribution in [2.75, 3.05) is 6.54 Å². The second-order valence-corrected chi connectivity index (χ2v) is 4.29. The molecule has 92 valence electrons. The molecule has 0 unspecified atom stereocenters. The number of carbonyl (C=O) groups excluding carboxylic acids is 1. The van der Waals surface area contributed by atoms with E-state index in [2.05, 4.69) is 5.32 Å². The summed E-state index contributed by atoms with van der Waals surface area (Å²) in [6.07, 6.45) is 6.10. The summed E-state index contributed by atoms with van der Waals surface area (Å²) in [6.45, 7) is 0.558. The van der Waals surface area contributed by atoms with Crippen molar-refractivity contribution in [1.29, 1.82) is 0 Å². The van der Waals surface area contributed by atoms with E-state index < -0.39 is 0 Å². The predicted molar refractivity (Wildman–Crippen MR) is 63.2 cm³/mol. The molecular formula is C12H16FN3O. The molecule has 1 aromatic rings. The Labute approximate surface area is 99.3 Å². The van der Waals surface area contributed by atoms with Gasteiger partial charge in [-0.2, -0.15) is 0 Å². The van der Waals surface area contributed by atoms with Crippen LogP contribution in [0.3, 0.4) is 0 Å². The standard InChI is InChI=1S/C12H16FN3O/c13-5-9(6-14)7-16-4-3-10(8-16)12(17)15-11-1-2-11/h3-5,8,11H,1-2,6-7,14H2,(H,15,17)/b9-5+. The second kappa shape index (κ2) is 5.14. The third-order valence-corrected chi connectivity index (χ3v) is 2.73. The molecule has 1 fully saturated rings. The minimum Gasteiger partial charge on any atom is -0.349 e. The first-order valence-electron chi connectivity index (χ1n) is 5.67. The van der Waals surface area contributed by atoms with E-state index in [-0.39, 0.29) is 12.5 Å². The maximum atomic E-state index is 12.4. The lowest BCUT2D eigenvalue weighted by Gasteiger charge is -2.04. The summed E-state index contributed by atoms with van der Waals surface area (Å²) < 4.78 is 14.1. The Morgan fingerprint density at radius 2 is 2.41 bits per heavy atom. The highest BCUT2D eigenvalue weighted by Crippen LogP contribution is 2.19. The molecule has 4 nitrogen and oxygen atoms in total. The summed E-state index contributed by atoms with van der Waals surface area (Å²) in [6, 6.07) is 2.07. The van der Waals surface area contributed by atoms with Crippen molar-refractivity contribution < 1.29 is 9.18 Å². The van der Waals surface area contributed by atoms with Gasteiger partial charge in [-0.25, -0.2) is 4.39 Å². The Kier molecular flexibility index (Phi) is 3.58. The quantitative estimate of drug-likeness (QED) is 0.808. The van der Waals surface area contributed by atoms with Gasteiger partial charge in [0.15, 0.2) is 0 Å². The van der Waals surface area contributed by atoms with Crippen LogP contribution in [0.15, 0.2) is 30.4 Å². The van der Waals surface area contributed by atoms with Crippen molar-refractivity contribution in [3.8, 4) is 0 Å². The smallest absolute Gasteiger partial charge is 0.253 e. The van der Waals surface area contributed by atoms with Gasteiger partial charge in [0.1, 0.15) is 0 Å². The molecule has 0 radical (unpaired) electrons. The Bertz CT molecular complexity index is 435. The molecular weight excluding hydrogens is 221 g/mol. The molecule has 1 aromatic heterocycles. The molecule has 0 saturated heterocycles. The van der Waals surface area contributed by atoms with Crippen LogP contribution in [0.2, 0.25) is 0 Å². The first kappa shape index (κ1) is 11.9. The molecule has 1 saturated carbocycles. The van der Waals surface area contributed by atoms with Crippen molar-refractivity contribution in [2.45, 2.75) is 25.4 Å². The van der Waals surface area contributed by atoms with E-state index in [0.29, 0.717) is 30.1 Å². The number of carbonyl (C=O) groups is 1. The van der Waals surface area contributed by atoms with Gasteiger partial charge in [0.25, 0.3) is 5.91 Å². The maximum absolute atomic E-state index is 12.4. The van der Waals surface area contributed by atoms with Crippen LogP contribution >= 0.6 is 0 Å². The number of rotatable bonds is 5. The molecule has 0 bridgehead atoms. The van der Waals surface area contributed by atoms with Crippen LogP contribution in [0.1, 0.15) is 23.2 Å². The topological polar surface area (TPSA) is 60.0 Å². The minimum atomic E-state index is -0.0650. The highest BCUT2D eigenvalue weighted by atomic mass is 19.1. The van der Waals surface area contributed by atoms with Crippen LogP contribution < -0.4 is 11.1 Å². The predicted octanol–water partition coefficient (Wildman–Crippen LogP) is 1.19. The minimum absolute atomic E-state index is 0.0650. The third-order valence-electron chi connectivity index (χ3n) is 2.73. The highest BCUT2D eigenvalue weighted by Gasteiger charge is 2.23. The highest BCUT2D eigenvalue weighted by molar-refractivity contribution is 5.94. The van der Waals surface area contributed by atoms with Gasteiger partial charge in [-0.3, -0.25) is 4.79 Å². The zero-order chi connectivity index (χ0) is 12.3. The zero-order valence-corrected chi connectivity index (χ0v) is 9.53. The van der Waals surface area contributed by atoms with Gasteiger partial charge in [0, 0.05) is 31.5 Å². The van der Waals surface area contributed by atoms with Crippen molar-refractivity contribution in [2.24, 2.45) is 5.73 Å². The van der Waals surface area contributed by atoms with E-state index in [1.165, 1.54) is 0 Å². The number of nitrogens with one attached hydrogen (secondary N) is 1. The van der Waals surface area contributed by atoms with Crippen LogP contribution in [0.5, 0.6) is 0 Å². The van der Waals surface area contributed by atoms with Gasteiger partial charge in [0.05, 0.1) is 11.9 Å².